The number of aryl methyl sites for hydroxylation is 1. The number of nitrogens with zero attached hydrogens (tertiary/aromatic N) is 5. The van der Waals surface area contributed by atoms with Crippen molar-refractivity contribution in [2.24, 2.45) is 0 Å². The molecular formula is C15H17N5S. The Kier molecular flexibility index (Phi) is 3.11. The Hall–Kier alpha value is -1.95. The van der Waals surface area contributed by atoms with E-state index in [1.807, 2.05) is 10.9 Å². The molecule has 4 heterocycles. The minimum atomic E-state index is 0.462. The number of hydrogen-bond acceptors (Lipinski definition) is 5. The molecular weight excluding hydrogens is 282 g/mol. The normalized spacial score (nSPS) is 18.7. The molecule has 1 saturated heterocycles. The lowest BCUT2D eigenvalue weighted by Gasteiger charge is -2.25. The quantitative estimate of drug-likeness (QED) is 0.746. The summed E-state index contributed by atoms with van der Waals surface area (Å²) in [6, 6.07) is 2.53. The van der Waals surface area contributed by atoms with Crippen molar-refractivity contribution in [3.05, 3.63) is 35.7 Å². The van der Waals surface area contributed by atoms with Crippen molar-refractivity contribution in [3.8, 4) is 0 Å². The highest BCUT2D eigenvalue weighted by atomic mass is 32.1. The summed E-state index contributed by atoms with van der Waals surface area (Å²) in [4.78, 5) is 11.3. The van der Waals surface area contributed by atoms with Crippen LogP contribution in [0.2, 0.25) is 0 Å². The third kappa shape index (κ3) is 2.29. The van der Waals surface area contributed by atoms with Crippen LogP contribution in [0.25, 0.3) is 10.2 Å². The Morgan fingerprint density at radius 2 is 2.33 bits per heavy atom. The van der Waals surface area contributed by atoms with Gasteiger partial charge in [-0.1, -0.05) is 0 Å². The van der Waals surface area contributed by atoms with Crippen molar-refractivity contribution in [2.45, 2.75) is 32.4 Å². The van der Waals surface area contributed by atoms with Gasteiger partial charge in [-0.25, -0.2) is 9.97 Å². The Morgan fingerprint density at radius 3 is 3.19 bits per heavy atom. The van der Waals surface area contributed by atoms with E-state index in [9.17, 15) is 0 Å². The van der Waals surface area contributed by atoms with Crippen molar-refractivity contribution in [1.82, 2.24) is 19.7 Å². The highest BCUT2D eigenvalue weighted by molar-refractivity contribution is 7.17. The molecule has 4 rings (SSSR count). The first kappa shape index (κ1) is 12.8. The van der Waals surface area contributed by atoms with E-state index in [0.29, 0.717) is 6.04 Å². The lowest BCUT2D eigenvalue weighted by Crippen LogP contribution is -2.33. The second-order valence-electron chi connectivity index (χ2n) is 5.56. The molecule has 3 aromatic heterocycles. The minimum Gasteiger partial charge on any atom is -0.350 e. The molecule has 0 unspecified atom stereocenters. The van der Waals surface area contributed by atoms with Gasteiger partial charge >= 0.3 is 0 Å². The zero-order valence-corrected chi connectivity index (χ0v) is 12.8. The van der Waals surface area contributed by atoms with Crippen molar-refractivity contribution >= 4 is 27.4 Å². The maximum atomic E-state index is 4.55. The fraction of sp³-hybridized carbons (Fsp3) is 0.400. The molecule has 21 heavy (non-hydrogen) atoms. The summed E-state index contributed by atoms with van der Waals surface area (Å²) in [6.45, 7) is 4.06. The second kappa shape index (κ2) is 5.11. The first-order valence-corrected chi connectivity index (χ1v) is 8.13. The average Bonchev–Trinajstić information content (AvgIpc) is 3.19. The first-order valence-electron chi connectivity index (χ1n) is 7.25. The topological polar surface area (TPSA) is 46.8 Å². The van der Waals surface area contributed by atoms with Gasteiger partial charge in [-0.15, -0.1) is 11.3 Å². The molecule has 0 saturated carbocycles. The Morgan fingerprint density at radius 1 is 1.38 bits per heavy atom. The summed E-state index contributed by atoms with van der Waals surface area (Å²) in [6.07, 6.45) is 8.11. The van der Waals surface area contributed by atoms with Crippen LogP contribution in [0.3, 0.4) is 0 Å². The molecule has 0 amide bonds. The molecule has 6 heteroatoms. The van der Waals surface area contributed by atoms with Crippen molar-refractivity contribution in [3.63, 3.8) is 0 Å². The maximum absolute atomic E-state index is 4.55. The van der Waals surface area contributed by atoms with E-state index in [0.717, 1.165) is 24.4 Å². The van der Waals surface area contributed by atoms with E-state index in [1.165, 1.54) is 23.1 Å². The number of rotatable bonds is 3. The maximum Gasteiger partial charge on any atom is 0.150 e. The monoisotopic (exact) mass is 299 g/mol. The van der Waals surface area contributed by atoms with E-state index >= 15 is 0 Å². The van der Waals surface area contributed by atoms with Crippen LogP contribution in [0.5, 0.6) is 0 Å². The highest BCUT2D eigenvalue weighted by Crippen LogP contribution is 2.32. The van der Waals surface area contributed by atoms with Gasteiger partial charge in [0.1, 0.15) is 12.1 Å². The van der Waals surface area contributed by atoms with Gasteiger partial charge in [0.25, 0.3) is 0 Å². The third-order valence-corrected chi connectivity index (χ3v) is 4.93. The number of thiophene rings is 1. The van der Waals surface area contributed by atoms with Gasteiger partial charge in [0, 0.05) is 12.7 Å². The first-order chi connectivity index (χ1) is 10.3. The van der Waals surface area contributed by atoms with Gasteiger partial charge in [0.15, 0.2) is 0 Å². The summed E-state index contributed by atoms with van der Waals surface area (Å²) in [7, 11) is 0. The van der Waals surface area contributed by atoms with Crippen LogP contribution >= 0.6 is 11.3 Å². The summed E-state index contributed by atoms with van der Waals surface area (Å²) in [5.74, 6) is 1.08. The predicted molar refractivity (Wildman–Crippen MR) is 84.7 cm³/mol. The van der Waals surface area contributed by atoms with Crippen LogP contribution in [0, 0.1) is 6.92 Å². The standard InChI is InChI=1S/C15H17N5S/c1-11-7-18-19(8-11)9-12-3-2-5-20(12)15-14-13(4-6-21-14)16-10-17-15/h4,6-8,10,12H,2-3,5,9H2,1H3/t12-/m1/s1. The van der Waals surface area contributed by atoms with Crippen molar-refractivity contribution in [1.29, 1.82) is 0 Å². The fourth-order valence-electron chi connectivity index (χ4n) is 3.07. The molecule has 0 N–H and O–H groups in total. The summed E-state index contributed by atoms with van der Waals surface area (Å²) in [5, 5.41) is 6.51. The van der Waals surface area contributed by atoms with Crippen LogP contribution in [0.1, 0.15) is 18.4 Å². The molecule has 1 fully saturated rings. The van der Waals surface area contributed by atoms with Crippen LogP contribution < -0.4 is 4.90 Å². The van der Waals surface area contributed by atoms with Gasteiger partial charge < -0.3 is 4.90 Å². The van der Waals surface area contributed by atoms with E-state index in [4.69, 9.17) is 0 Å². The third-order valence-electron chi connectivity index (χ3n) is 4.03. The van der Waals surface area contributed by atoms with Crippen molar-refractivity contribution < 1.29 is 0 Å². The molecule has 5 nitrogen and oxygen atoms in total. The second-order valence-corrected chi connectivity index (χ2v) is 6.48. The number of fused-ring (bicyclic) bond motifs is 1. The Labute approximate surface area is 127 Å². The van der Waals surface area contributed by atoms with Gasteiger partial charge in [-0.05, 0) is 36.8 Å². The largest absolute Gasteiger partial charge is 0.350 e. The van der Waals surface area contributed by atoms with Crippen LogP contribution in [0.4, 0.5) is 5.82 Å². The van der Waals surface area contributed by atoms with E-state index in [1.54, 1.807) is 17.7 Å². The summed E-state index contributed by atoms with van der Waals surface area (Å²) in [5.41, 5.74) is 2.26. The van der Waals surface area contributed by atoms with Crippen LogP contribution in [0.15, 0.2) is 30.2 Å². The summed E-state index contributed by atoms with van der Waals surface area (Å²) >= 11 is 1.72. The van der Waals surface area contributed by atoms with Crippen molar-refractivity contribution in [2.75, 3.05) is 11.4 Å². The highest BCUT2D eigenvalue weighted by Gasteiger charge is 2.27. The molecule has 3 aromatic rings. The number of aromatic nitrogens is 4. The fourth-order valence-corrected chi connectivity index (χ4v) is 3.92. The van der Waals surface area contributed by atoms with Gasteiger partial charge in [-0.2, -0.15) is 5.10 Å². The minimum absolute atomic E-state index is 0.462. The lowest BCUT2D eigenvalue weighted by atomic mass is 10.2. The van der Waals surface area contributed by atoms with Gasteiger partial charge in [0.2, 0.25) is 0 Å². The molecule has 1 atom stereocenters. The van der Waals surface area contributed by atoms with Gasteiger partial charge in [-0.3, -0.25) is 4.68 Å². The molecule has 1 aliphatic rings. The van der Waals surface area contributed by atoms with E-state index < -0.39 is 0 Å². The smallest absolute Gasteiger partial charge is 0.150 e. The Bertz CT molecular complexity index is 762. The lowest BCUT2D eigenvalue weighted by molar-refractivity contribution is 0.508. The zero-order valence-electron chi connectivity index (χ0n) is 11.9. The zero-order chi connectivity index (χ0) is 14.2. The van der Waals surface area contributed by atoms with Gasteiger partial charge in [0.05, 0.1) is 29.0 Å². The molecule has 0 aromatic carbocycles. The predicted octanol–water partition coefficient (Wildman–Crippen LogP) is 2.87. The Balaban J connectivity index is 1.65. The van der Waals surface area contributed by atoms with E-state index in [2.05, 4.69) is 44.5 Å². The molecule has 0 spiro atoms. The molecule has 1 aliphatic heterocycles. The van der Waals surface area contributed by atoms with Crippen LogP contribution in [-0.4, -0.2) is 32.3 Å². The number of hydrogen-bond donors (Lipinski definition) is 0. The van der Waals surface area contributed by atoms with E-state index in [-0.39, 0.29) is 0 Å². The number of anilines is 1. The molecule has 0 aliphatic carbocycles. The molecule has 0 radical (unpaired) electrons. The summed E-state index contributed by atoms with van der Waals surface area (Å²) < 4.78 is 3.24. The molecule has 0 bridgehead atoms. The SMILES string of the molecule is Cc1cnn(C[C@H]2CCCN2c2ncnc3ccsc23)c1. The molecule has 108 valence electrons. The average molecular weight is 299 g/mol. The van der Waals surface area contributed by atoms with Crippen LogP contribution in [-0.2, 0) is 6.54 Å².